The molecular weight excluding hydrogens is 338 g/mol. The van der Waals surface area contributed by atoms with Gasteiger partial charge >= 0.3 is 6.09 Å². The Morgan fingerprint density at radius 3 is 2.57 bits per heavy atom. The number of aldehydes is 1. The molecule has 114 valence electrons. The molecule has 1 aromatic rings. The molecule has 0 saturated heterocycles. The third-order valence-electron chi connectivity index (χ3n) is 2.26. The van der Waals surface area contributed by atoms with Gasteiger partial charge in [0.25, 0.3) is 0 Å². The molecule has 0 radical (unpaired) electrons. The summed E-state index contributed by atoms with van der Waals surface area (Å²) in [7, 11) is 0. The van der Waals surface area contributed by atoms with Crippen LogP contribution < -0.4 is 4.74 Å². The number of carbonyl (C=O) groups excluding carboxylic acids is 2. The van der Waals surface area contributed by atoms with Crippen molar-refractivity contribution in [2.45, 2.75) is 39.4 Å². The lowest BCUT2D eigenvalue weighted by atomic mass is 10.2. The molecule has 0 fully saturated rings. The number of hydrogen-bond donors (Lipinski definition) is 0. The van der Waals surface area contributed by atoms with Crippen LogP contribution in [0.3, 0.4) is 0 Å². The normalized spacial score (nSPS) is 13.5. The van der Waals surface area contributed by atoms with Crippen molar-refractivity contribution in [3.8, 4) is 5.75 Å². The summed E-state index contributed by atoms with van der Waals surface area (Å²) in [5.41, 5.74) is -0.688. The minimum atomic E-state index is -0.811. The fraction of sp³-hybridized carbons (Fsp3) is 0.400. The number of nitrogens with zero attached hydrogens (tertiary/aromatic N) is 1. The van der Waals surface area contributed by atoms with Crippen LogP contribution in [0.25, 0.3) is 0 Å². The van der Waals surface area contributed by atoms with E-state index in [4.69, 9.17) is 9.47 Å². The zero-order valence-corrected chi connectivity index (χ0v) is 14.0. The van der Waals surface area contributed by atoms with Crippen molar-refractivity contribution in [1.82, 2.24) is 0 Å². The van der Waals surface area contributed by atoms with Gasteiger partial charge in [0.1, 0.15) is 23.2 Å². The Bertz CT molecular complexity index is 549. The van der Waals surface area contributed by atoms with E-state index in [2.05, 4.69) is 20.9 Å². The molecule has 6 heteroatoms. The van der Waals surface area contributed by atoms with Gasteiger partial charge in [0.05, 0.1) is 0 Å². The van der Waals surface area contributed by atoms with E-state index in [0.717, 1.165) is 4.47 Å². The van der Waals surface area contributed by atoms with Gasteiger partial charge in [-0.15, -0.1) is 0 Å². The maximum absolute atomic E-state index is 11.6. The minimum Gasteiger partial charge on any atom is -0.484 e. The first-order valence-corrected chi connectivity index (χ1v) is 7.19. The average molecular weight is 356 g/mol. The third kappa shape index (κ3) is 6.53. The van der Waals surface area contributed by atoms with Crippen LogP contribution in [0.5, 0.6) is 5.75 Å². The van der Waals surface area contributed by atoms with Crippen LogP contribution >= 0.6 is 15.9 Å². The summed E-state index contributed by atoms with van der Waals surface area (Å²) in [5.74, 6) is 0.565. The van der Waals surface area contributed by atoms with Crippen molar-refractivity contribution in [2.75, 3.05) is 0 Å². The van der Waals surface area contributed by atoms with E-state index in [-0.39, 0.29) is 5.71 Å². The molecule has 0 unspecified atom stereocenters. The first kappa shape index (κ1) is 17.4. The van der Waals surface area contributed by atoms with Gasteiger partial charge in [-0.25, -0.2) is 4.79 Å². The van der Waals surface area contributed by atoms with Crippen LogP contribution in [-0.4, -0.2) is 29.8 Å². The van der Waals surface area contributed by atoms with Crippen LogP contribution in [0.15, 0.2) is 33.7 Å². The molecule has 1 rings (SSSR count). The Hall–Kier alpha value is -1.69. The lowest BCUT2D eigenvalue weighted by Crippen LogP contribution is -2.28. The highest BCUT2D eigenvalue weighted by molar-refractivity contribution is 9.10. The number of benzene rings is 1. The lowest BCUT2D eigenvalue weighted by molar-refractivity contribution is -0.103. The number of amides is 1. The Labute approximate surface area is 132 Å². The van der Waals surface area contributed by atoms with E-state index in [9.17, 15) is 9.59 Å². The second-order valence-corrected chi connectivity index (χ2v) is 6.27. The van der Waals surface area contributed by atoms with Gasteiger partial charge < -0.3 is 9.47 Å². The van der Waals surface area contributed by atoms with E-state index in [1.165, 1.54) is 0 Å². The molecule has 0 aliphatic carbocycles. The van der Waals surface area contributed by atoms with Crippen LogP contribution in [-0.2, 0) is 9.53 Å². The monoisotopic (exact) mass is 355 g/mol. The Kier molecular flexibility index (Phi) is 6.08. The third-order valence-corrected chi connectivity index (χ3v) is 2.75. The summed E-state index contributed by atoms with van der Waals surface area (Å²) in [5, 5.41) is 0. The fourth-order valence-corrected chi connectivity index (χ4v) is 1.79. The van der Waals surface area contributed by atoms with Crippen molar-refractivity contribution >= 4 is 34.0 Å². The molecule has 1 aromatic carbocycles. The van der Waals surface area contributed by atoms with Crippen molar-refractivity contribution in [2.24, 2.45) is 4.99 Å². The fourth-order valence-electron chi connectivity index (χ4n) is 1.41. The molecule has 5 nitrogen and oxygen atoms in total. The maximum atomic E-state index is 11.6. The molecule has 0 N–H and O–H groups in total. The smallest absolute Gasteiger partial charge is 0.434 e. The predicted molar refractivity (Wildman–Crippen MR) is 84.0 cm³/mol. The van der Waals surface area contributed by atoms with Gasteiger partial charge in [-0.2, -0.15) is 4.99 Å². The molecule has 0 aliphatic rings. The molecule has 0 aliphatic heterocycles. The minimum absolute atomic E-state index is 0.0239. The summed E-state index contributed by atoms with van der Waals surface area (Å²) < 4.78 is 11.5. The second kappa shape index (κ2) is 7.36. The number of carbonyl (C=O) groups is 2. The van der Waals surface area contributed by atoms with Crippen molar-refractivity contribution in [3.05, 3.63) is 28.7 Å². The average Bonchev–Trinajstić information content (AvgIpc) is 2.33. The molecule has 0 spiro atoms. The largest absolute Gasteiger partial charge is 0.484 e. The van der Waals surface area contributed by atoms with Crippen LogP contribution in [0.2, 0.25) is 0 Å². The highest BCUT2D eigenvalue weighted by Crippen LogP contribution is 2.19. The van der Waals surface area contributed by atoms with Gasteiger partial charge in [-0.3, -0.25) is 4.79 Å². The SMILES string of the molecule is C[C@@H](Oc1cccc(Br)c1)/C(C=O)=N/C(=O)OC(C)(C)C. The molecule has 0 bridgehead atoms. The van der Waals surface area contributed by atoms with E-state index in [0.29, 0.717) is 12.0 Å². The van der Waals surface area contributed by atoms with Crippen LogP contribution in [0.1, 0.15) is 27.7 Å². The molecule has 0 aromatic heterocycles. The maximum Gasteiger partial charge on any atom is 0.434 e. The van der Waals surface area contributed by atoms with E-state index >= 15 is 0 Å². The first-order valence-electron chi connectivity index (χ1n) is 6.40. The number of aliphatic imine (C=N–C) groups is 1. The van der Waals surface area contributed by atoms with Crippen molar-refractivity contribution in [1.29, 1.82) is 0 Å². The first-order chi connectivity index (χ1) is 9.71. The summed E-state index contributed by atoms with van der Waals surface area (Å²) in [6, 6.07) is 7.16. The lowest BCUT2D eigenvalue weighted by Gasteiger charge is -2.18. The van der Waals surface area contributed by atoms with E-state index in [1.54, 1.807) is 45.9 Å². The number of hydrogen-bond acceptors (Lipinski definition) is 4. The molecule has 0 saturated carbocycles. The number of rotatable bonds is 4. The van der Waals surface area contributed by atoms with Crippen molar-refractivity contribution < 1.29 is 19.1 Å². The summed E-state index contributed by atoms with van der Waals surface area (Å²) in [6.45, 7) is 6.81. The van der Waals surface area contributed by atoms with Crippen molar-refractivity contribution in [3.63, 3.8) is 0 Å². The van der Waals surface area contributed by atoms with E-state index in [1.807, 2.05) is 6.07 Å². The molecule has 0 heterocycles. The quantitative estimate of drug-likeness (QED) is 0.608. The highest BCUT2D eigenvalue weighted by Gasteiger charge is 2.19. The van der Waals surface area contributed by atoms with Crippen LogP contribution in [0, 0.1) is 0 Å². The standard InChI is InChI=1S/C15H18BrNO4/c1-10(20-12-7-5-6-11(16)8-12)13(9-18)17-14(19)21-15(2,3)4/h5-10H,1-4H3/b17-13+/t10-/m1/s1. The zero-order chi connectivity index (χ0) is 16.0. The summed E-state index contributed by atoms with van der Waals surface area (Å²) in [6.07, 6.45) is -0.981. The molecule has 1 amide bonds. The summed E-state index contributed by atoms with van der Waals surface area (Å²) in [4.78, 5) is 26.3. The number of halogens is 1. The van der Waals surface area contributed by atoms with Gasteiger partial charge in [0.2, 0.25) is 0 Å². The van der Waals surface area contributed by atoms with Gasteiger partial charge in [0, 0.05) is 4.47 Å². The molecule has 1 atom stereocenters. The summed E-state index contributed by atoms with van der Waals surface area (Å²) >= 11 is 3.33. The molecular formula is C15H18BrNO4. The van der Waals surface area contributed by atoms with Gasteiger partial charge in [0.15, 0.2) is 6.29 Å². The topological polar surface area (TPSA) is 65.0 Å². The van der Waals surface area contributed by atoms with Crippen LogP contribution in [0.4, 0.5) is 4.79 Å². The Balaban J connectivity index is 2.79. The molecule has 21 heavy (non-hydrogen) atoms. The highest BCUT2D eigenvalue weighted by atomic mass is 79.9. The zero-order valence-electron chi connectivity index (χ0n) is 12.4. The predicted octanol–water partition coefficient (Wildman–Crippen LogP) is 3.79. The van der Waals surface area contributed by atoms with Gasteiger partial charge in [-0.1, -0.05) is 22.0 Å². The number of ether oxygens (including phenoxy) is 2. The van der Waals surface area contributed by atoms with Gasteiger partial charge in [-0.05, 0) is 45.9 Å². The van der Waals surface area contributed by atoms with E-state index < -0.39 is 17.8 Å². The Morgan fingerprint density at radius 2 is 2.05 bits per heavy atom. The Morgan fingerprint density at radius 1 is 1.38 bits per heavy atom. The second-order valence-electron chi connectivity index (χ2n) is 5.35.